The average molecular weight is 461 g/mol. The molecule has 1 saturated heterocycles. The Kier molecular flexibility index (Phi) is 6.16. The Bertz CT molecular complexity index is 1250. The van der Waals surface area contributed by atoms with Crippen molar-refractivity contribution in [3.05, 3.63) is 64.9 Å². The Hall–Kier alpha value is -4.06. The number of aromatic nitrogens is 1. The van der Waals surface area contributed by atoms with Crippen LogP contribution in [0.15, 0.2) is 36.5 Å². The number of halogens is 1. The molecule has 1 aromatic carbocycles. The van der Waals surface area contributed by atoms with Gasteiger partial charge in [-0.2, -0.15) is 5.26 Å². The van der Waals surface area contributed by atoms with Crippen LogP contribution in [0.3, 0.4) is 0 Å². The van der Waals surface area contributed by atoms with E-state index < -0.39 is 17.1 Å². The lowest BCUT2D eigenvalue weighted by atomic mass is 9.83. The number of nitrogens with two attached hydrogens (primary N) is 1. The van der Waals surface area contributed by atoms with Crippen molar-refractivity contribution in [2.45, 2.75) is 32.7 Å². The number of anilines is 1. The monoisotopic (exact) mass is 460 g/mol. The zero-order chi connectivity index (χ0) is 24.5. The van der Waals surface area contributed by atoms with E-state index in [1.54, 1.807) is 30.0 Å². The Balaban J connectivity index is 1.52. The van der Waals surface area contributed by atoms with Gasteiger partial charge in [0.1, 0.15) is 16.9 Å². The number of carbonyl (C=O) groups is 2. The lowest BCUT2D eigenvalue weighted by Crippen LogP contribution is -2.35. The quantitative estimate of drug-likeness (QED) is 0.546. The number of benzene rings is 1. The molecule has 34 heavy (non-hydrogen) atoms. The summed E-state index contributed by atoms with van der Waals surface area (Å²) in [4.78, 5) is 31.8. The molecule has 1 aromatic heterocycles. The summed E-state index contributed by atoms with van der Waals surface area (Å²) < 4.78 is 14.0. The smallest absolute Gasteiger partial charge is 0.270 e. The van der Waals surface area contributed by atoms with Crippen LogP contribution in [0.25, 0.3) is 5.57 Å². The molecule has 0 unspecified atom stereocenters. The van der Waals surface area contributed by atoms with Gasteiger partial charge in [-0.15, -0.1) is 0 Å². The second-order valence-corrected chi connectivity index (χ2v) is 8.71. The third-order valence-corrected chi connectivity index (χ3v) is 6.39. The highest BCUT2D eigenvalue weighted by atomic mass is 19.1. The van der Waals surface area contributed by atoms with Crippen molar-refractivity contribution in [3.8, 4) is 6.07 Å². The second kappa shape index (κ2) is 9.06. The second-order valence-electron chi connectivity index (χ2n) is 8.71. The van der Waals surface area contributed by atoms with Gasteiger partial charge in [-0.25, -0.2) is 9.37 Å². The van der Waals surface area contributed by atoms with Crippen molar-refractivity contribution in [1.29, 1.82) is 10.7 Å². The number of hydrogen-bond donors (Lipinski definition) is 3. The summed E-state index contributed by atoms with van der Waals surface area (Å²) in [6.45, 7) is 2.19. The van der Waals surface area contributed by atoms with Crippen LogP contribution in [0.5, 0.6) is 0 Å². The van der Waals surface area contributed by atoms with Crippen LogP contribution in [0.1, 0.15) is 46.6 Å². The summed E-state index contributed by atoms with van der Waals surface area (Å²) in [6, 6.07) is 9.73. The zero-order valence-corrected chi connectivity index (χ0v) is 18.8. The Morgan fingerprint density at radius 3 is 2.79 bits per heavy atom. The van der Waals surface area contributed by atoms with Gasteiger partial charge in [0, 0.05) is 42.5 Å². The first-order valence-corrected chi connectivity index (χ1v) is 11.0. The number of nitriles is 1. The van der Waals surface area contributed by atoms with Gasteiger partial charge in [0.15, 0.2) is 0 Å². The maximum Gasteiger partial charge on any atom is 0.270 e. The number of aryl methyl sites for hydroxylation is 1. The highest BCUT2D eigenvalue weighted by Crippen LogP contribution is 2.51. The molecule has 8 nitrogen and oxygen atoms in total. The van der Waals surface area contributed by atoms with Crippen molar-refractivity contribution < 1.29 is 14.0 Å². The van der Waals surface area contributed by atoms with E-state index in [0.29, 0.717) is 41.0 Å². The summed E-state index contributed by atoms with van der Waals surface area (Å²) in [5.41, 5.74) is 7.03. The third kappa shape index (κ3) is 4.27. The molecular formula is C25H25FN6O2. The van der Waals surface area contributed by atoms with Crippen LogP contribution in [0, 0.1) is 40.8 Å². The van der Waals surface area contributed by atoms with E-state index in [9.17, 15) is 19.2 Å². The first-order valence-electron chi connectivity index (χ1n) is 11.0. The van der Waals surface area contributed by atoms with Crippen LogP contribution >= 0.6 is 0 Å². The van der Waals surface area contributed by atoms with Crippen molar-refractivity contribution >= 4 is 29.3 Å². The summed E-state index contributed by atoms with van der Waals surface area (Å²) in [5, 5.41) is 19.8. The first-order chi connectivity index (χ1) is 16.3. The van der Waals surface area contributed by atoms with Gasteiger partial charge >= 0.3 is 0 Å². The number of allylic oxidation sites excluding steroid dienone is 1. The highest BCUT2D eigenvalue weighted by Gasteiger charge is 2.56. The van der Waals surface area contributed by atoms with E-state index in [1.807, 2.05) is 0 Å². The predicted molar refractivity (Wildman–Crippen MR) is 125 cm³/mol. The van der Waals surface area contributed by atoms with E-state index in [2.05, 4.69) is 16.4 Å². The Labute approximate surface area is 196 Å². The molecule has 1 aliphatic carbocycles. The van der Waals surface area contributed by atoms with Gasteiger partial charge in [-0.1, -0.05) is 0 Å². The number of nitrogens with zero attached hydrogens (tertiary/aromatic N) is 3. The molecule has 2 heterocycles. The van der Waals surface area contributed by atoms with Crippen LogP contribution in [-0.2, 0) is 11.3 Å². The SMILES string of the molecule is Cc1cc(N2CC[C@@](C#N)(C3CC3)C2=O)cc(C(=O)NCc2cc(F)cc(/C(C=N)=C/N)c2)n1. The molecule has 2 aromatic rings. The molecule has 174 valence electrons. The molecule has 1 aliphatic heterocycles. The largest absolute Gasteiger partial charge is 0.404 e. The van der Waals surface area contributed by atoms with Crippen molar-refractivity contribution in [3.63, 3.8) is 0 Å². The fourth-order valence-electron chi connectivity index (χ4n) is 4.48. The van der Waals surface area contributed by atoms with E-state index >= 15 is 0 Å². The first kappa shape index (κ1) is 23.1. The van der Waals surface area contributed by atoms with E-state index in [-0.39, 0.29) is 24.1 Å². The van der Waals surface area contributed by atoms with E-state index in [0.717, 1.165) is 19.1 Å². The minimum atomic E-state index is -0.970. The number of pyridine rings is 1. The fraction of sp³-hybridized carbons (Fsp3) is 0.320. The van der Waals surface area contributed by atoms with E-state index in [1.165, 1.54) is 18.3 Å². The molecule has 2 aliphatic rings. The molecule has 0 spiro atoms. The van der Waals surface area contributed by atoms with Gasteiger partial charge in [0.05, 0.1) is 6.07 Å². The molecule has 4 rings (SSSR count). The summed E-state index contributed by atoms with van der Waals surface area (Å²) in [6.07, 6.45) is 4.50. The van der Waals surface area contributed by atoms with Crippen LogP contribution in [0.2, 0.25) is 0 Å². The molecule has 9 heteroatoms. The van der Waals surface area contributed by atoms with Crippen molar-refractivity contribution in [2.24, 2.45) is 17.1 Å². The maximum absolute atomic E-state index is 14.0. The molecule has 0 radical (unpaired) electrons. The minimum Gasteiger partial charge on any atom is -0.404 e. The zero-order valence-electron chi connectivity index (χ0n) is 18.8. The summed E-state index contributed by atoms with van der Waals surface area (Å²) in [7, 11) is 0. The third-order valence-electron chi connectivity index (χ3n) is 6.39. The lowest BCUT2D eigenvalue weighted by Gasteiger charge is -2.21. The van der Waals surface area contributed by atoms with Gasteiger partial charge in [-0.3, -0.25) is 9.59 Å². The summed E-state index contributed by atoms with van der Waals surface area (Å²) in [5.74, 6) is -1.09. The average Bonchev–Trinajstić information content (AvgIpc) is 3.61. The fourth-order valence-corrected chi connectivity index (χ4v) is 4.48. The normalized spacial score (nSPS) is 20.2. The van der Waals surface area contributed by atoms with Gasteiger partial charge in [-0.05, 0) is 73.6 Å². The van der Waals surface area contributed by atoms with Crippen LogP contribution in [-0.4, -0.2) is 29.6 Å². The predicted octanol–water partition coefficient (Wildman–Crippen LogP) is 3.06. The van der Waals surface area contributed by atoms with Crippen molar-refractivity contribution in [2.75, 3.05) is 11.4 Å². The van der Waals surface area contributed by atoms with Gasteiger partial charge < -0.3 is 21.4 Å². The summed E-state index contributed by atoms with van der Waals surface area (Å²) >= 11 is 0. The molecule has 1 saturated carbocycles. The van der Waals surface area contributed by atoms with Crippen LogP contribution < -0.4 is 16.0 Å². The maximum atomic E-state index is 14.0. The minimum absolute atomic E-state index is 0.0340. The molecule has 2 amide bonds. The highest BCUT2D eigenvalue weighted by molar-refractivity contribution is 6.08. The number of rotatable bonds is 7. The van der Waals surface area contributed by atoms with Gasteiger partial charge in [0.2, 0.25) is 5.91 Å². The molecule has 1 atom stereocenters. The Morgan fingerprint density at radius 2 is 2.15 bits per heavy atom. The Morgan fingerprint density at radius 1 is 1.38 bits per heavy atom. The standard InChI is InChI=1S/C25H25FN6O2/c1-15-6-21(32-5-4-25(14-29,24(32)34)19-2-3-19)10-22(31-15)23(33)30-13-16-7-17(9-20(26)8-16)18(11-27)12-28/h6-12,19,27H,2-5,13,28H2,1H3,(H,30,33)/b18-12+,27-11?/t25-/m1/s1. The van der Waals surface area contributed by atoms with E-state index in [4.69, 9.17) is 11.1 Å². The molecule has 0 bridgehead atoms. The molecular weight excluding hydrogens is 435 g/mol. The van der Waals surface area contributed by atoms with Gasteiger partial charge in [0.25, 0.3) is 5.91 Å². The molecule has 2 fully saturated rings. The number of hydrogen-bond acceptors (Lipinski definition) is 6. The number of carbonyl (C=O) groups excluding carboxylic acids is 2. The molecule has 4 N–H and O–H groups in total. The van der Waals surface area contributed by atoms with Crippen LogP contribution in [0.4, 0.5) is 10.1 Å². The van der Waals surface area contributed by atoms with Crippen molar-refractivity contribution in [1.82, 2.24) is 10.3 Å². The number of amides is 2. The number of nitrogens with one attached hydrogen (secondary N) is 2. The topological polar surface area (TPSA) is 136 Å². The lowest BCUT2D eigenvalue weighted by molar-refractivity contribution is -0.123.